The summed E-state index contributed by atoms with van der Waals surface area (Å²) >= 11 is 0. The number of nitrogens with one attached hydrogen (secondary N) is 1. The molecule has 0 radical (unpaired) electrons. The number of ether oxygens (including phenoxy) is 1. The van der Waals surface area contributed by atoms with Crippen LogP contribution in [-0.2, 0) is 9.53 Å². The van der Waals surface area contributed by atoms with Gasteiger partial charge in [0.15, 0.2) is 0 Å². The van der Waals surface area contributed by atoms with Crippen LogP contribution in [0.5, 0.6) is 0 Å². The van der Waals surface area contributed by atoms with Crippen molar-refractivity contribution in [1.29, 1.82) is 0 Å². The van der Waals surface area contributed by atoms with E-state index in [0.29, 0.717) is 13.2 Å². The third kappa shape index (κ3) is 11.3. The van der Waals surface area contributed by atoms with Gasteiger partial charge in [-0.05, 0) is 19.8 Å². The molecule has 0 fully saturated rings. The Balaban J connectivity index is 3.83. The molecule has 0 heterocycles. The van der Waals surface area contributed by atoms with Crippen molar-refractivity contribution in [3.8, 4) is 0 Å². The van der Waals surface area contributed by atoms with E-state index < -0.39 is 0 Å². The van der Waals surface area contributed by atoms with Crippen LogP contribution in [-0.4, -0.2) is 25.2 Å². The smallest absolute Gasteiger partial charge is 0.249 e. The standard InChI is InChI=1S/C17H35NO2/c1-4-7-9-10-11-12-14-16(17(19)18-6-3)20-15-13-8-5-2/h16H,4-15H2,1-3H3,(H,18,19). The number of carbonyl (C=O) groups is 1. The van der Waals surface area contributed by atoms with E-state index in [1.54, 1.807) is 0 Å². The lowest BCUT2D eigenvalue weighted by atomic mass is 10.1. The van der Waals surface area contributed by atoms with Crippen molar-refractivity contribution < 1.29 is 9.53 Å². The summed E-state index contributed by atoms with van der Waals surface area (Å²) in [7, 11) is 0. The molecule has 0 aliphatic rings. The van der Waals surface area contributed by atoms with Crippen LogP contribution in [0.1, 0.15) is 85.0 Å². The Bertz CT molecular complexity index is 219. The monoisotopic (exact) mass is 285 g/mol. The number of likely N-dealkylation sites (N-methyl/N-ethyl adjacent to an activating group) is 1. The molecule has 0 aromatic heterocycles. The molecule has 1 unspecified atom stereocenters. The van der Waals surface area contributed by atoms with Crippen molar-refractivity contribution in [3.63, 3.8) is 0 Å². The number of carbonyl (C=O) groups excluding carboxylic acids is 1. The fourth-order valence-electron chi connectivity index (χ4n) is 2.27. The maximum Gasteiger partial charge on any atom is 0.249 e. The molecule has 0 spiro atoms. The van der Waals surface area contributed by atoms with E-state index >= 15 is 0 Å². The topological polar surface area (TPSA) is 38.3 Å². The Hall–Kier alpha value is -0.570. The summed E-state index contributed by atoms with van der Waals surface area (Å²) in [5.74, 6) is 0.0672. The van der Waals surface area contributed by atoms with E-state index in [1.165, 1.54) is 44.9 Å². The number of unbranched alkanes of at least 4 members (excludes halogenated alkanes) is 7. The minimum absolute atomic E-state index is 0.0672. The van der Waals surface area contributed by atoms with Gasteiger partial charge in [0.05, 0.1) is 0 Å². The molecular formula is C17H35NO2. The third-order valence-electron chi connectivity index (χ3n) is 3.53. The lowest BCUT2D eigenvalue weighted by Crippen LogP contribution is -2.36. The van der Waals surface area contributed by atoms with E-state index in [1.807, 2.05) is 6.92 Å². The normalized spacial score (nSPS) is 12.3. The Morgan fingerprint density at radius 1 is 0.900 bits per heavy atom. The highest BCUT2D eigenvalue weighted by molar-refractivity contribution is 5.80. The minimum Gasteiger partial charge on any atom is -0.368 e. The zero-order valence-electron chi connectivity index (χ0n) is 13.9. The van der Waals surface area contributed by atoms with Gasteiger partial charge in [0.2, 0.25) is 5.91 Å². The lowest BCUT2D eigenvalue weighted by Gasteiger charge is -2.17. The van der Waals surface area contributed by atoms with Crippen LogP contribution in [0.3, 0.4) is 0 Å². The predicted molar refractivity (Wildman–Crippen MR) is 85.9 cm³/mol. The second-order valence-electron chi connectivity index (χ2n) is 5.52. The Kier molecular flexibility index (Phi) is 14.4. The lowest BCUT2D eigenvalue weighted by molar-refractivity contribution is -0.133. The molecule has 0 saturated heterocycles. The van der Waals surface area contributed by atoms with Crippen molar-refractivity contribution in [1.82, 2.24) is 5.32 Å². The first kappa shape index (κ1) is 19.4. The number of rotatable bonds is 14. The predicted octanol–water partition coefficient (Wildman–Crippen LogP) is 4.45. The summed E-state index contributed by atoms with van der Waals surface area (Å²) in [5, 5.41) is 2.88. The number of amides is 1. The van der Waals surface area contributed by atoms with E-state index in [0.717, 1.165) is 19.3 Å². The fourth-order valence-corrected chi connectivity index (χ4v) is 2.27. The summed E-state index contributed by atoms with van der Waals surface area (Å²) in [4.78, 5) is 11.9. The highest BCUT2D eigenvalue weighted by Gasteiger charge is 2.17. The van der Waals surface area contributed by atoms with Crippen LogP contribution in [0.2, 0.25) is 0 Å². The average Bonchev–Trinajstić information content (AvgIpc) is 2.45. The molecule has 0 aromatic carbocycles. The molecule has 0 aliphatic carbocycles. The molecule has 0 aromatic rings. The molecule has 1 amide bonds. The van der Waals surface area contributed by atoms with Gasteiger partial charge in [-0.3, -0.25) is 4.79 Å². The zero-order chi connectivity index (χ0) is 15.1. The highest BCUT2D eigenvalue weighted by Crippen LogP contribution is 2.11. The van der Waals surface area contributed by atoms with Crippen LogP contribution in [0, 0.1) is 0 Å². The van der Waals surface area contributed by atoms with Gasteiger partial charge in [-0.25, -0.2) is 0 Å². The van der Waals surface area contributed by atoms with Crippen LogP contribution in [0.15, 0.2) is 0 Å². The van der Waals surface area contributed by atoms with Crippen molar-refractivity contribution in [2.75, 3.05) is 13.2 Å². The number of hydrogen-bond acceptors (Lipinski definition) is 2. The molecule has 0 bridgehead atoms. The van der Waals surface area contributed by atoms with Crippen molar-refractivity contribution in [3.05, 3.63) is 0 Å². The SMILES string of the molecule is CCCCCCCCC(OCCCCC)C(=O)NCC. The van der Waals surface area contributed by atoms with Gasteiger partial charge in [-0.1, -0.05) is 65.2 Å². The summed E-state index contributed by atoms with van der Waals surface area (Å²) in [6.07, 6.45) is 11.6. The van der Waals surface area contributed by atoms with Gasteiger partial charge in [-0.2, -0.15) is 0 Å². The van der Waals surface area contributed by atoms with Crippen LogP contribution >= 0.6 is 0 Å². The Labute approximate surface area is 125 Å². The average molecular weight is 285 g/mol. The Morgan fingerprint density at radius 2 is 1.50 bits per heavy atom. The summed E-state index contributed by atoms with van der Waals surface area (Å²) < 4.78 is 5.77. The van der Waals surface area contributed by atoms with E-state index in [4.69, 9.17) is 4.74 Å². The van der Waals surface area contributed by atoms with Gasteiger partial charge in [0.1, 0.15) is 6.10 Å². The second kappa shape index (κ2) is 14.8. The highest BCUT2D eigenvalue weighted by atomic mass is 16.5. The largest absolute Gasteiger partial charge is 0.368 e. The Morgan fingerprint density at radius 3 is 2.15 bits per heavy atom. The maximum absolute atomic E-state index is 11.9. The molecule has 20 heavy (non-hydrogen) atoms. The molecular weight excluding hydrogens is 250 g/mol. The quantitative estimate of drug-likeness (QED) is 0.479. The summed E-state index contributed by atoms with van der Waals surface area (Å²) in [5.41, 5.74) is 0. The molecule has 0 rings (SSSR count). The summed E-state index contributed by atoms with van der Waals surface area (Å²) in [6.45, 7) is 7.76. The van der Waals surface area contributed by atoms with Gasteiger partial charge >= 0.3 is 0 Å². The van der Waals surface area contributed by atoms with Crippen molar-refractivity contribution in [2.24, 2.45) is 0 Å². The van der Waals surface area contributed by atoms with Crippen LogP contribution in [0.4, 0.5) is 0 Å². The molecule has 0 saturated carbocycles. The van der Waals surface area contributed by atoms with Gasteiger partial charge < -0.3 is 10.1 Å². The molecule has 120 valence electrons. The molecule has 0 aliphatic heterocycles. The number of hydrogen-bond donors (Lipinski definition) is 1. The van der Waals surface area contributed by atoms with Crippen LogP contribution < -0.4 is 5.32 Å². The first-order valence-corrected chi connectivity index (χ1v) is 8.65. The zero-order valence-corrected chi connectivity index (χ0v) is 13.9. The van der Waals surface area contributed by atoms with Crippen molar-refractivity contribution >= 4 is 5.91 Å². The van der Waals surface area contributed by atoms with E-state index in [-0.39, 0.29) is 12.0 Å². The van der Waals surface area contributed by atoms with Gasteiger partial charge in [0, 0.05) is 13.2 Å². The third-order valence-corrected chi connectivity index (χ3v) is 3.53. The van der Waals surface area contributed by atoms with E-state index in [2.05, 4.69) is 19.2 Å². The van der Waals surface area contributed by atoms with Gasteiger partial charge in [0.25, 0.3) is 0 Å². The first-order valence-electron chi connectivity index (χ1n) is 8.65. The van der Waals surface area contributed by atoms with E-state index in [9.17, 15) is 4.79 Å². The molecule has 1 N–H and O–H groups in total. The molecule has 3 heteroatoms. The first-order chi connectivity index (χ1) is 9.76. The van der Waals surface area contributed by atoms with Crippen molar-refractivity contribution in [2.45, 2.75) is 91.1 Å². The van der Waals surface area contributed by atoms with Gasteiger partial charge in [-0.15, -0.1) is 0 Å². The van der Waals surface area contributed by atoms with Crippen LogP contribution in [0.25, 0.3) is 0 Å². The fraction of sp³-hybridized carbons (Fsp3) is 0.941. The second-order valence-corrected chi connectivity index (χ2v) is 5.52. The minimum atomic E-state index is -0.238. The molecule has 1 atom stereocenters. The summed E-state index contributed by atoms with van der Waals surface area (Å²) in [6, 6.07) is 0. The molecule has 3 nitrogen and oxygen atoms in total. The maximum atomic E-state index is 11.9.